The van der Waals surface area contributed by atoms with Gasteiger partial charge in [-0.3, -0.25) is 29.8 Å². The van der Waals surface area contributed by atoms with Crippen molar-refractivity contribution in [2.45, 2.75) is 52.7 Å². The molecule has 48 heavy (non-hydrogen) atoms. The summed E-state index contributed by atoms with van der Waals surface area (Å²) in [4.78, 5) is 48.6. The highest BCUT2D eigenvalue weighted by Gasteiger charge is 2.29. The number of hydrogen-bond acceptors (Lipinski definition) is 8. The molecular weight excluding hydrogens is 616 g/mol. The summed E-state index contributed by atoms with van der Waals surface area (Å²) in [5, 5.41) is 29.4. The van der Waals surface area contributed by atoms with E-state index in [0.29, 0.717) is 37.1 Å². The second kappa shape index (κ2) is 17.2. The number of benzene rings is 4. The van der Waals surface area contributed by atoms with Crippen molar-refractivity contribution in [2.24, 2.45) is 0 Å². The Morgan fingerprint density at radius 2 is 0.958 bits per heavy atom. The van der Waals surface area contributed by atoms with Crippen LogP contribution in [0.1, 0.15) is 68.7 Å². The van der Waals surface area contributed by atoms with Gasteiger partial charge in [0.1, 0.15) is 24.3 Å². The lowest BCUT2D eigenvalue weighted by Crippen LogP contribution is -2.26. The molecule has 2 N–H and O–H groups in total. The molecule has 4 aromatic rings. The molecule has 0 heterocycles. The topological polar surface area (TPSA) is 163 Å². The number of nitrogens with zero attached hydrogens (tertiary/aromatic N) is 2. The number of carbonyl (C=O) groups is 2. The van der Waals surface area contributed by atoms with Gasteiger partial charge in [0.15, 0.2) is 0 Å². The number of amides is 2. The van der Waals surface area contributed by atoms with E-state index in [1.807, 2.05) is 60.7 Å². The Morgan fingerprint density at radius 1 is 0.583 bits per heavy atom. The molecule has 4 aromatic carbocycles. The summed E-state index contributed by atoms with van der Waals surface area (Å²) in [6.07, 6.45) is 2.67. The van der Waals surface area contributed by atoms with E-state index >= 15 is 0 Å². The molecule has 0 unspecified atom stereocenters. The Kier molecular flexibility index (Phi) is 12.6. The molecule has 0 aromatic heterocycles. The highest BCUT2D eigenvalue weighted by atomic mass is 16.6. The smallest absolute Gasteiger partial charge is 0.323 e. The first kappa shape index (κ1) is 35.1. The van der Waals surface area contributed by atoms with Gasteiger partial charge in [0.2, 0.25) is 11.5 Å². The predicted molar refractivity (Wildman–Crippen MR) is 180 cm³/mol. The van der Waals surface area contributed by atoms with Gasteiger partial charge in [-0.1, -0.05) is 85.6 Å². The second-order valence-corrected chi connectivity index (χ2v) is 11.2. The molecule has 12 heteroatoms. The van der Waals surface area contributed by atoms with E-state index in [2.05, 4.69) is 10.6 Å². The standard InChI is InChI=1S/C36H38N4O8/c1-25-17-19-29(31(39(43)44)33(25)47-23-27-13-7-5-8-14-27)35(41)37-21-11-3-4-12-22-38-36(42)30-20-18-26(2)34(32(30)40(45)46)48-24-28-15-9-6-10-16-28/h5-10,13-20H,3-4,11-12,21-24H2,1-2H3,(H,37,41)(H,38,42). The van der Waals surface area contributed by atoms with Crippen molar-refractivity contribution < 1.29 is 28.9 Å². The SMILES string of the molecule is Cc1ccc(C(=O)NCCCCCCNC(=O)c2ccc(C)c(OCc3ccccc3)c2[N+](=O)[O-])c([N+](=O)[O-])c1OCc1ccccc1. The van der Waals surface area contributed by atoms with E-state index in [-0.39, 0.29) is 47.2 Å². The molecule has 0 atom stereocenters. The molecule has 0 radical (unpaired) electrons. The first-order valence-corrected chi connectivity index (χ1v) is 15.6. The number of nitro benzene ring substituents is 2. The number of nitro groups is 2. The van der Waals surface area contributed by atoms with Crippen molar-refractivity contribution in [1.29, 1.82) is 0 Å². The van der Waals surface area contributed by atoms with Crippen LogP contribution in [0.3, 0.4) is 0 Å². The lowest BCUT2D eigenvalue weighted by Gasteiger charge is -2.13. The number of rotatable bonds is 17. The summed E-state index contributed by atoms with van der Waals surface area (Å²) >= 11 is 0. The normalized spacial score (nSPS) is 10.6. The minimum Gasteiger partial charge on any atom is -0.482 e. The zero-order chi connectivity index (χ0) is 34.5. The van der Waals surface area contributed by atoms with Crippen molar-refractivity contribution in [1.82, 2.24) is 10.6 Å². The highest BCUT2D eigenvalue weighted by Crippen LogP contribution is 2.36. The second-order valence-electron chi connectivity index (χ2n) is 11.2. The van der Waals surface area contributed by atoms with Crippen LogP contribution in [0, 0.1) is 34.1 Å². The molecule has 250 valence electrons. The summed E-state index contributed by atoms with van der Waals surface area (Å²) in [6, 6.07) is 24.6. The van der Waals surface area contributed by atoms with Crippen LogP contribution in [0.4, 0.5) is 11.4 Å². The number of unbranched alkanes of at least 4 members (excludes halogenated alkanes) is 3. The van der Waals surface area contributed by atoms with Crippen molar-refractivity contribution in [2.75, 3.05) is 13.1 Å². The fourth-order valence-electron chi connectivity index (χ4n) is 5.09. The molecular formula is C36H38N4O8. The number of hydrogen-bond donors (Lipinski definition) is 2. The average molecular weight is 655 g/mol. The van der Waals surface area contributed by atoms with Gasteiger partial charge < -0.3 is 20.1 Å². The van der Waals surface area contributed by atoms with Gasteiger partial charge in [0, 0.05) is 13.1 Å². The van der Waals surface area contributed by atoms with Crippen LogP contribution in [0.25, 0.3) is 0 Å². The quantitative estimate of drug-likeness (QED) is 0.0698. The van der Waals surface area contributed by atoms with E-state index in [1.54, 1.807) is 26.0 Å². The number of nitrogens with one attached hydrogen (secondary N) is 2. The lowest BCUT2D eigenvalue weighted by molar-refractivity contribution is -0.386. The predicted octanol–water partition coefficient (Wildman–Crippen LogP) is 7.00. The van der Waals surface area contributed by atoms with Gasteiger partial charge >= 0.3 is 11.4 Å². The zero-order valence-electron chi connectivity index (χ0n) is 26.9. The molecule has 2 amide bonds. The van der Waals surface area contributed by atoms with E-state index in [1.165, 1.54) is 12.1 Å². The Labute approximate surface area is 278 Å². The third-order valence-electron chi connectivity index (χ3n) is 7.64. The van der Waals surface area contributed by atoms with Crippen LogP contribution in [-0.4, -0.2) is 34.8 Å². The van der Waals surface area contributed by atoms with Crippen LogP contribution in [-0.2, 0) is 13.2 Å². The van der Waals surface area contributed by atoms with Gasteiger partial charge in [-0.15, -0.1) is 0 Å². The fraction of sp³-hybridized carbons (Fsp3) is 0.278. The lowest BCUT2D eigenvalue weighted by atomic mass is 10.1. The van der Waals surface area contributed by atoms with E-state index in [0.717, 1.165) is 24.0 Å². The summed E-state index contributed by atoms with van der Waals surface area (Å²) < 4.78 is 11.6. The molecule has 0 spiro atoms. The summed E-state index contributed by atoms with van der Waals surface area (Å²) in [5.74, 6) is -1.01. The highest BCUT2D eigenvalue weighted by molar-refractivity contribution is 6.00. The van der Waals surface area contributed by atoms with Gasteiger partial charge in [-0.25, -0.2) is 0 Å². The maximum atomic E-state index is 12.9. The van der Waals surface area contributed by atoms with Crippen molar-refractivity contribution in [3.05, 3.63) is 139 Å². The maximum Gasteiger partial charge on any atom is 0.323 e. The molecule has 0 bridgehead atoms. The third kappa shape index (κ3) is 9.38. The van der Waals surface area contributed by atoms with Crippen molar-refractivity contribution in [3.63, 3.8) is 0 Å². The molecule has 0 aliphatic rings. The molecule has 12 nitrogen and oxygen atoms in total. The third-order valence-corrected chi connectivity index (χ3v) is 7.64. The van der Waals surface area contributed by atoms with Crippen LogP contribution in [0.2, 0.25) is 0 Å². The summed E-state index contributed by atoms with van der Waals surface area (Å²) in [7, 11) is 0. The van der Waals surface area contributed by atoms with Crippen LogP contribution in [0.15, 0.2) is 84.9 Å². The minimum absolute atomic E-state index is 0.0606. The number of ether oxygens (including phenoxy) is 2. The maximum absolute atomic E-state index is 12.9. The summed E-state index contributed by atoms with van der Waals surface area (Å²) in [5.41, 5.74) is 1.90. The Bertz CT molecular complexity index is 1620. The summed E-state index contributed by atoms with van der Waals surface area (Å²) in [6.45, 7) is 4.24. The molecule has 0 saturated carbocycles. The van der Waals surface area contributed by atoms with E-state index in [4.69, 9.17) is 9.47 Å². The number of aryl methyl sites for hydroxylation is 2. The van der Waals surface area contributed by atoms with E-state index in [9.17, 15) is 29.8 Å². The molecule has 0 aliphatic heterocycles. The first-order chi connectivity index (χ1) is 23.2. The molecule has 4 rings (SSSR count). The van der Waals surface area contributed by atoms with Gasteiger partial charge in [-0.2, -0.15) is 0 Å². The fourth-order valence-corrected chi connectivity index (χ4v) is 5.09. The Balaban J connectivity index is 1.23. The average Bonchev–Trinajstić information content (AvgIpc) is 3.08. The van der Waals surface area contributed by atoms with Gasteiger partial charge in [0.25, 0.3) is 11.8 Å². The minimum atomic E-state index is -0.597. The largest absolute Gasteiger partial charge is 0.482 e. The first-order valence-electron chi connectivity index (χ1n) is 15.6. The van der Waals surface area contributed by atoms with Gasteiger partial charge in [-0.05, 0) is 61.1 Å². The van der Waals surface area contributed by atoms with Gasteiger partial charge in [0.05, 0.1) is 9.85 Å². The molecule has 0 aliphatic carbocycles. The monoisotopic (exact) mass is 654 g/mol. The Morgan fingerprint density at radius 3 is 1.31 bits per heavy atom. The molecule has 0 saturated heterocycles. The van der Waals surface area contributed by atoms with Crippen LogP contribution < -0.4 is 20.1 Å². The van der Waals surface area contributed by atoms with E-state index < -0.39 is 21.7 Å². The zero-order valence-corrected chi connectivity index (χ0v) is 26.9. The van der Waals surface area contributed by atoms with Crippen LogP contribution >= 0.6 is 0 Å². The van der Waals surface area contributed by atoms with Crippen molar-refractivity contribution in [3.8, 4) is 11.5 Å². The number of carbonyl (C=O) groups excluding carboxylic acids is 2. The molecule has 0 fully saturated rings. The van der Waals surface area contributed by atoms with Crippen molar-refractivity contribution >= 4 is 23.2 Å². The Hall–Kier alpha value is -5.78. The van der Waals surface area contributed by atoms with Crippen LogP contribution in [0.5, 0.6) is 11.5 Å².